The van der Waals surface area contributed by atoms with E-state index in [9.17, 15) is 9.18 Å². The van der Waals surface area contributed by atoms with Crippen molar-refractivity contribution in [2.45, 2.75) is 0 Å². The predicted octanol–water partition coefficient (Wildman–Crippen LogP) is 2.46. The Balaban J connectivity index is 2.14. The van der Waals surface area contributed by atoms with Crippen molar-refractivity contribution >= 4 is 17.0 Å². The van der Waals surface area contributed by atoms with Gasteiger partial charge in [-0.3, -0.25) is 4.98 Å². The molecule has 2 aromatic heterocycles. The number of pyridine rings is 1. The normalized spacial score (nSPS) is 10.8. The van der Waals surface area contributed by atoms with Crippen LogP contribution in [0.25, 0.3) is 22.4 Å². The third kappa shape index (κ3) is 2.03. The Hall–Kier alpha value is -2.76. The van der Waals surface area contributed by atoms with Crippen molar-refractivity contribution in [1.82, 2.24) is 15.0 Å². The molecule has 94 valence electrons. The van der Waals surface area contributed by atoms with Gasteiger partial charge in [-0.05, 0) is 24.3 Å². The molecule has 0 radical (unpaired) electrons. The lowest BCUT2D eigenvalue weighted by molar-refractivity contribution is 0.0697. The molecule has 0 unspecified atom stereocenters. The number of carbonyl (C=O) groups is 1. The van der Waals surface area contributed by atoms with Crippen LogP contribution in [0.3, 0.4) is 0 Å². The quantitative estimate of drug-likeness (QED) is 0.739. The fourth-order valence-electron chi connectivity index (χ4n) is 1.82. The van der Waals surface area contributed by atoms with Crippen molar-refractivity contribution in [3.8, 4) is 11.4 Å². The van der Waals surface area contributed by atoms with Crippen LogP contribution in [0.4, 0.5) is 4.39 Å². The summed E-state index contributed by atoms with van der Waals surface area (Å²) < 4.78 is 13.1. The van der Waals surface area contributed by atoms with Gasteiger partial charge >= 0.3 is 5.97 Å². The molecule has 0 aliphatic heterocycles. The number of carboxylic acids is 1. The highest BCUT2D eigenvalue weighted by Gasteiger charge is 2.09. The zero-order chi connectivity index (χ0) is 13.4. The topological polar surface area (TPSA) is 78.9 Å². The Morgan fingerprint density at radius 2 is 2.11 bits per heavy atom. The molecule has 0 atom stereocenters. The number of aromatic nitrogens is 3. The third-order valence-electron chi connectivity index (χ3n) is 2.71. The van der Waals surface area contributed by atoms with Crippen LogP contribution in [0.15, 0.2) is 36.7 Å². The molecule has 3 aromatic rings. The van der Waals surface area contributed by atoms with Gasteiger partial charge in [-0.2, -0.15) is 0 Å². The molecule has 0 saturated carbocycles. The minimum Gasteiger partial charge on any atom is -0.478 e. The molecule has 0 aliphatic carbocycles. The van der Waals surface area contributed by atoms with Crippen molar-refractivity contribution in [3.05, 3.63) is 48.0 Å². The average molecular weight is 257 g/mol. The highest BCUT2D eigenvalue weighted by Crippen LogP contribution is 2.21. The molecular weight excluding hydrogens is 249 g/mol. The van der Waals surface area contributed by atoms with E-state index in [1.54, 1.807) is 6.07 Å². The van der Waals surface area contributed by atoms with Crippen molar-refractivity contribution in [2.75, 3.05) is 0 Å². The second-order valence-corrected chi connectivity index (χ2v) is 4.01. The summed E-state index contributed by atoms with van der Waals surface area (Å²) in [6.45, 7) is 0. The standard InChI is InChI=1S/C13H8FN3O2/c14-9-3-8(5-15-6-9)12-16-10-2-1-7(13(18)19)4-11(10)17-12/h1-6H,(H,16,17)(H,18,19). The SMILES string of the molecule is O=C(O)c1ccc2nc(-c3cncc(F)c3)[nH]c2c1. The fourth-order valence-corrected chi connectivity index (χ4v) is 1.82. The second kappa shape index (κ2) is 4.16. The maximum Gasteiger partial charge on any atom is 0.335 e. The molecular formula is C13H8FN3O2. The minimum atomic E-state index is -1.01. The van der Waals surface area contributed by atoms with Crippen LogP contribution in [0.1, 0.15) is 10.4 Å². The van der Waals surface area contributed by atoms with Crippen LogP contribution < -0.4 is 0 Å². The predicted molar refractivity (Wildman–Crippen MR) is 66.2 cm³/mol. The minimum absolute atomic E-state index is 0.167. The highest BCUT2D eigenvalue weighted by molar-refractivity contribution is 5.92. The number of H-pyrrole nitrogens is 1. The smallest absolute Gasteiger partial charge is 0.335 e. The van der Waals surface area contributed by atoms with Crippen LogP contribution in [-0.4, -0.2) is 26.0 Å². The molecule has 19 heavy (non-hydrogen) atoms. The molecule has 0 spiro atoms. The van der Waals surface area contributed by atoms with Crippen LogP contribution in [0.5, 0.6) is 0 Å². The van der Waals surface area contributed by atoms with Gasteiger partial charge in [0, 0.05) is 11.8 Å². The number of aromatic amines is 1. The third-order valence-corrected chi connectivity index (χ3v) is 2.71. The van der Waals surface area contributed by atoms with Gasteiger partial charge in [0.1, 0.15) is 11.6 Å². The summed E-state index contributed by atoms with van der Waals surface area (Å²) in [5, 5.41) is 8.91. The number of nitrogens with one attached hydrogen (secondary N) is 1. The maximum absolute atomic E-state index is 13.1. The highest BCUT2D eigenvalue weighted by atomic mass is 19.1. The van der Waals surface area contributed by atoms with Gasteiger partial charge in [0.05, 0.1) is 22.8 Å². The molecule has 1 aromatic carbocycles. The van der Waals surface area contributed by atoms with E-state index in [0.717, 1.165) is 6.20 Å². The van der Waals surface area contributed by atoms with E-state index >= 15 is 0 Å². The summed E-state index contributed by atoms with van der Waals surface area (Å²) in [7, 11) is 0. The summed E-state index contributed by atoms with van der Waals surface area (Å²) in [5.41, 5.74) is 1.87. The van der Waals surface area contributed by atoms with Gasteiger partial charge in [0.25, 0.3) is 0 Å². The Kier molecular flexibility index (Phi) is 2.49. The number of carboxylic acid groups (broad SMARTS) is 1. The van der Waals surface area contributed by atoms with Gasteiger partial charge < -0.3 is 10.1 Å². The van der Waals surface area contributed by atoms with E-state index in [1.165, 1.54) is 24.4 Å². The van der Waals surface area contributed by atoms with Gasteiger partial charge in [0.2, 0.25) is 0 Å². The maximum atomic E-state index is 13.1. The number of fused-ring (bicyclic) bond motifs is 1. The second-order valence-electron chi connectivity index (χ2n) is 4.01. The van der Waals surface area contributed by atoms with Crippen LogP contribution in [-0.2, 0) is 0 Å². The van der Waals surface area contributed by atoms with Crippen molar-refractivity contribution in [2.24, 2.45) is 0 Å². The average Bonchev–Trinajstić information content (AvgIpc) is 2.81. The summed E-state index contributed by atoms with van der Waals surface area (Å²) in [5.74, 6) is -1.01. The monoisotopic (exact) mass is 257 g/mol. The van der Waals surface area contributed by atoms with E-state index in [-0.39, 0.29) is 5.56 Å². The van der Waals surface area contributed by atoms with Gasteiger partial charge in [-0.15, -0.1) is 0 Å². The molecule has 0 aliphatic rings. The molecule has 0 saturated heterocycles. The lowest BCUT2D eigenvalue weighted by Gasteiger charge is -1.94. The van der Waals surface area contributed by atoms with Gasteiger partial charge in [-0.25, -0.2) is 14.2 Å². The number of halogens is 1. The Labute approximate surface area is 106 Å². The van der Waals surface area contributed by atoms with E-state index in [1.807, 2.05) is 0 Å². The molecule has 0 amide bonds. The van der Waals surface area contributed by atoms with E-state index < -0.39 is 11.8 Å². The first kappa shape index (κ1) is 11.3. The van der Waals surface area contributed by atoms with Crippen molar-refractivity contribution < 1.29 is 14.3 Å². The number of rotatable bonds is 2. The molecule has 3 rings (SSSR count). The lowest BCUT2D eigenvalue weighted by atomic mass is 10.2. The number of hydrogen-bond donors (Lipinski definition) is 2. The zero-order valence-electron chi connectivity index (χ0n) is 9.59. The molecule has 0 fully saturated rings. The first-order valence-corrected chi connectivity index (χ1v) is 5.47. The number of nitrogens with zero attached hydrogens (tertiary/aromatic N) is 2. The molecule has 6 heteroatoms. The van der Waals surface area contributed by atoms with Gasteiger partial charge in [0.15, 0.2) is 0 Å². The van der Waals surface area contributed by atoms with E-state index in [2.05, 4.69) is 15.0 Å². The number of hydrogen-bond acceptors (Lipinski definition) is 3. The Morgan fingerprint density at radius 1 is 1.26 bits per heavy atom. The summed E-state index contributed by atoms with van der Waals surface area (Å²) in [6.07, 6.45) is 2.59. The van der Waals surface area contributed by atoms with E-state index in [0.29, 0.717) is 22.4 Å². The summed E-state index contributed by atoms with van der Waals surface area (Å²) in [6, 6.07) is 5.87. The first-order valence-electron chi connectivity index (χ1n) is 5.47. The number of aromatic carboxylic acids is 1. The van der Waals surface area contributed by atoms with Crippen molar-refractivity contribution in [1.29, 1.82) is 0 Å². The van der Waals surface area contributed by atoms with Crippen molar-refractivity contribution in [3.63, 3.8) is 0 Å². The molecule has 0 bridgehead atoms. The number of benzene rings is 1. The lowest BCUT2D eigenvalue weighted by Crippen LogP contribution is -1.94. The van der Waals surface area contributed by atoms with Crippen LogP contribution in [0, 0.1) is 5.82 Å². The Morgan fingerprint density at radius 3 is 2.84 bits per heavy atom. The molecule has 5 nitrogen and oxygen atoms in total. The fraction of sp³-hybridized carbons (Fsp3) is 0. The van der Waals surface area contributed by atoms with E-state index in [4.69, 9.17) is 5.11 Å². The zero-order valence-corrected chi connectivity index (χ0v) is 9.59. The van der Waals surface area contributed by atoms with Crippen LogP contribution in [0.2, 0.25) is 0 Å². The summed E-state index contributed by atoms with van der Waals surface area (Å²) in [4.78, 5) is 21.8. The molecule has 2 heterocycles. The summed E-state index contributed by atoms with van der Waals surface area (Å²) >= 11 is 0. The molecule has 2 N–H and O–H groups in total. The van der Waals surface area contributed by atoms with Gasteiger partial charge in [-0.1, -0.05) is 0 Å². The first-order chi connectivity index (χ1) is 9.13. The Bertz CT molecular complexity index is 782. The van der Waals surface area contributed by atoms with Crippen LogP contribution >= 0.6 is 0 Å². The number of imidazole rings is 1. The largest absolute Gasteiger partial charge is 0.478 e.